The highest BCUT2D eigenvalue weighted by atomic mass is 32.1. The first kappa shape index (κ1) is 13.2. The van der Waals surface area contributed by atoms with E-state index in [4.69, 9.17) is 4.74 Å². The van der Waals surface area contributed by atoms with E-state index in [9.17, 15) is 4.79 Å². The molecule has 0 N–H and O–H groups in total. The van der Waals surface area contributed by atoms with E-state index in [-0.39, 0.29) is 5.12 Å². The third-order valence-electron chi connectivity index (χ3n) is 1.82. The molecule has 0 rings (SSSR count). The number of hydrogen-bond donors (Lipinski definition) is 1. The molecule has 0 radical (unpaired) electrons. The van der Waals surface area contributed by atoms with Gasteiger partial charge in [0.05, 0.1) is 6.61 Å². The molecule has 0 spiro atoms. The molecule has 0 heterocycles. The number of thiol groups is 1. The highest BCUT2D eigenvalue weighted by molar-refractivity contribution is 7.96. The van der Waals surface area contributed by atoms with E-state index >= 15 is 0 Å². The monoisotopic (exact) mass is 212 g/mol. The van der Waals surface area contributed by atoms with E-state index < -0.39 is 5.60 Å². The van der Waals surface area contributed by atoms with Crippen LogP contribution >= 0.6 is 12.6 Å². The Kier molecular flexibility index (Phi) is 6.25. The van der Waals surface area contributed by atoms with Crippen LogP contribution in [0.4, 0.5) is 0 Å². The van der Waals surface area contributed by atoms with Gasteiger partial charge in [-0.3, -0.25) is 4.79 Å². The first-order chi connectivity index (χ1) is 6.63. The van der Waals surface area contributed by atoms with Crippen LogP contribution in [0.3, 0.4) is 0 Å². The van der Waals surface area contributed by atoms with Gasteiger partial charge in [-0.05, 0) is 0 Å². The molecule has 0 unspecified atom stereocenters. The van der Waals surface area contributed by atoms with Gasteiger partial charge in [-0.15, -0.1) is 32.4 Å². The Labute approximate surface area is 90.7 Å². The summed E-state index contributed by atoms with van der Waals surface area (Å²) in [6, 6.07) is 0. The maximum atomic E-state index is 11.4. The third-order valence-corrected chi connectivity index (χ3v) is 2.22. The lowest BCUT2D eigenvalue weighted by molar-refractivity contribution is -0.132. The minimum atomic E-state index is -0.930. The smallest absolute Gasteiger partial charge is 0.218 e. The molecule has 0 aromatic carbocycles. The Morgan fingerprint density at radius 3 is 2.00 bits per heavy atom. The van der Waals surface area contributed by atoms with Crippen LogP contribution in [0.1, 0.15) is 12.8 Å². The molecule has 3 heteroatoms. The minimum Gasteiger partial charge on any atom is -0.362 e. The number of hydrogen-bond acceptors (Lipinski definition) is 2. The van der Waals surface area contributed by atoms with Gasteiger partial charge < -0.3 is 4.74 Å². The Balaban J connectivity index is 4.70. The van der Waals surface area contributed by atoms with Gasteiger partial charge in [0.25, 0.3) is 0 Å². The topological polar surface area (TPSA) is 26.3 Å². The van der Waals surface area contributed by atoms with Crippen LogP contribution in [-0.4, -0.2) is 17.3 Å². The molecule has 0 atom stereocenters. The quantitative estimate of drug-likeness (QED) is 0.494. The van der Waals surface area contributed by atoms with Gasteiger partial charge in [0.1, 0.15) is 5.60 Å². The van der Waals surface area contributed by atoms with Gasteiger partial charge in [0, 0.05) is 12.8 Å². The summed E-state index contributed by atoms with van der Waals surface area (Å²) >= 11 is 3.83. The molecule has 0 bridgehead atoms. The first-order valence-corrected chi connectivity index (χ1v) is 4.77. The van der Waals surface area contributed by atoms with Gasteiger partial charge in [-0.2, -0.15) is 0 Å². The van der Waals surface area contributed by atoms with Gasteiger partial charge in [0.2, 0.25) is 5.12 Å². The zero-order valence-electron chi connectivity index (χ0n) is 8.24. The Morgan fingerprint density at radius 2 is 1.71 bits per heavy atom. The second kappa shape index (κ2) is 6.62. The minimum absolute atomic E-state index is 0.306. The molecule has 0 aliphatic rings. The van der Waals surface area contributed by atoms with Crippen molar-refractivity contribution in [2.45, 2.75) is 18.4 Å². The SMILES string of the molecule is C=CCOC(CC=C)(CC=C)C(=O)S. The van der Waals surface area contributed by atoms with Crippen LogP contribution in [0, 0.1) is 0 Å². The van der Waals surface area contributed by atoms with E-state index in [0.29, 0.717) is 19.4 Å². The van der Waals surface area contributed by atoms with Gasteiger partial charge >= 0.3 is 0 Å². The van der Waals surface area contributed by atoms with Crippen molar-refractivity contribution in [3.8, 4) is 0 Å². The van der Waals surface area contributed by atoms with Crippen LogP contribution in [0.15, 0.2) is 38.0 Å². The van der Waals surface area contributed by atoms with Gasteiger partial charge in [-0.1, -0.05) is 18.2 Å². The summed E-state index contributed by atoms with van der Waals surface area (Å²) in [4.78, 5) is 11.4. The normalized spacial score (nSPS) is 10.6. The molecule has 0 saturated heterocycles. The van der Waals surface area contributed by atoms with Crippen molar-refractivity contribution >= 4 is 17.7 Å². The Hall–Kier alpha value is -0.800. The average Bonchev–Trinajstić information content (AvgIpc) is 2.14. The lowest BCUT2D eigenvalue weighted by Gasteiger charge is -2.28. The third kappa shape index (κ3) is 3.52. The average molecular weight is 212 g/mol. The zero-order valence-corrected chi connectivity index (χ0v) is 9.13. The van der Waals surface area contributed by atoms with Crippen LogP contribution in [0.5, 0.6) is 0 Å². The molecule has 0 aliphatic carbocycles. The molecule has 2 nitrogen and oxygen atoms in total. The summed E-state index contributed by atoms with van der Waals surface area (Å²) in [6.07, 6.45) is 5.73. The summed E-state index contributed by atoms with van der Waals surface area (Å²) in [5.74, 6) is 0. The van der Waals surface area contributed by atoms with Crippen molar-refractivity contribution in [2.24, 2.45) is 0 Å². The zero-order chi connectivity index (χ0) is 11.0. The van der Waals surface area contributed by atoms with Crippen molar-refractivity contribution in [1.29, 1.82) is 0 Å². The predicted molar refractivity (Wildman–Crippen MR) is 62.5 cm³/mol. The molecule has 0 aromatic rings. The summed E-state index contributed by atoms with van der Waals surface area (Å²) < 4.78 is 5.43. The fourth-order valence-electron chi connectivity index (χ4n) is 1.12. The standard InChI is InChI=1S/C11H16O2S/c1-4-7-11(8-5-2,10(12)14)13-9-6-3/h4-6H,1-3,7-9H2,(H,12,14). The van der Waals surface area contributed by atoms with E-state index in [0.717, 1.165) is 0 Å². The molecule has 0 saturated carbocycles. The van der Waals surface area contributed by atoms with E-state index in [1.165, 1.54) is 0 Å². The summed E-state index contributed by atoms with van der Waals surface area (Å²) in [5, 5.41) is -0.306. The van der Waals surface area contributed by atoms with E-state index in [1.807, 2.05) is 0 Å². The summed E-state index contributed by atoms with van der Waals surface area (Å²) in [6.45, 7) is 11.0. The molecule has 14 heavy (non-hydrogen) atoms. The number of ether oxygens (including phenoxy) is 1. The lowest BCUT2D eigenvalue weighted by atomic mass is 9.96. The highest BCUT2D eigenvalue weighted by Crippen LogP contribution is 2.25. The predicted octanol–water partition coefficient (Wildman–Crippen LogP) is 2.54. The summed E-state index contributed by atoms with van der Waals surface area (Å²) in [7, 11) is 0. The van der Waals surface area contributed by atoms with Crippen molar-refractivity contribution in [3.05, 3.63) is 38.0 Å². The number of carbonyl (C=O) groups is 1. The number of rotatable bonds is 8. The van der Waals surface area contributed by atoms with Crippen LogP contribution < -0.4 is 0 Å². The molecule has 0 aliphatic heterocycles. The fraction of sp³-hybridized carbons (Fsp3) is 0.364. The molecule has 0 aromatic heterocycles. The second-order valence-corrected chi connectivity index (χ2v) is 3.29. The van der Waals surface area contributed by atoms with Crippen LogP contribution in [0.2, 0.25) is 0 Å². The molecule has 0 amide bonds. The van der Waals surface area contributed by atoms with Crippen molar-refractivity contribution < 1.29 is 9.53 Å². The van der Waals surface area contributed by atoms with Crippen LogP contribution in [-0.2, 0) is 9.53 Å². The highest BCUT2D eigenvalue weighted by Gasteiger charge is 2.34. The maximum Gasteiger partial charge on any atom is 0.218 e. The van der Waals surface area contributed by atoms with Gasteiger partial charge in [0.15, 0.2) is 0 Å². The Bertz CT molecular complexity index is 223. The first-order valence-electron chi connectivity index (χ1n) is 4.33. The van der Waals surface area contributed by atoms with Crippen molar-refractivity contribution in [3.63, 3.8) is 0 Å². The van der Waals surface area contributed by atoms with Crippen molar-refractivity contribution in [1.82, 2.24) is 0 Å². The van der Waals surface area contributed by atoms with Crippen LogP contribution in [0.25, 0.3) is 0 Å². The largest absolute Gasteiger partial charge is 0.362 e. The fourth-order valence-corrected chi connectivity index (χ4v) is 1.37. The lowest BCUT2D eigenvalue weighted by Crippen LogP contribution is -2.38. The molecular weight excluding hydrogens is 196 g/mol. The molecular formula is C11H16O2S. The van der Waals surface area contributed by atoms with Crippen molar-refractivity contribution in [2.75, 3.05) is 6.61 Å². The van der Waals surface area contributed by atoms with Gasteiger partial charge in [-0.25, -0.2) is 0 Å². The Morgan fingerprint density at radius 1 is 1.21 bits per heavy atom. The molecule has 0 fully saturated rings. The number of carbonyl (C=O) groups excluding carboxylic acids is 1. The second-order valence-electron chi connectivity index (χ2n) is 2.88. The van der Waals surface area contributed by atoms with E-state index in [2.05, 4.69) is 32.4 Å². The van der Waals surface area contributed by atoms with E-state index in [1.54, 1.807) is 18.2 Å². The molecule has 78 valence electrons. The summed E-state index contributed by atoms with van der Waals surface area (Å²) in [5.41, 5.74) is -0.930. The maximum absolute atomic E-state index is 11.4.